The SMILES string of the molecule is COCCNCCCCc1cnccc1N. The maximum absolute atomic E-state index is 5.83. The smallest absolute Gasteiger partial charge is 0.0587 e. The van der Waals surface area contributed by atoms with Crippen LogP contribution >= 0.6 is 0 Å². The first-order valence-electron chi connectivity index (χ1n) is 5.72. The number of methoxy groups -OCH3 is 1. The number of ether oxygens (including phenoxy) is 1. The van der Waals surface area contributed by atoms with Crippen molar-refractivity contribution in [3.63, 3.8) is 0 Å². The van der Waals surface area contributed by atoms with E-state index in [0.29, 0.717) is 0 Å². The van der Waals surface area contributed by atoms with Crippen molar-refractivity contribution in [2.24, 2.45) is 0 Å². The molecule has 0 fully saturated rings. The quantitative estimate of drug-likeness (QED) is 0.651. The predicted molar refractivity (Wildman–Crippen MR) is 66.3 cm³/mol. The van der Waals surface area contributed by atoms with Gasteiger partial charge in [0.2, 0.25) is 0 Å². The van der Waals surface area contributed by atoms with Crippen LogP contribution in [0.25, 0.3) is 0 Å². The minimum atomic E-state index is 0.773. The Labute approximate surface area is 97.2 Å². The molecule has 0 saturated carbocycles. The van der Waals surface area contributed by atoms with E-state index in [4.69, 9.17) is 10.5 Å². The molecule has 0 aromatic carbocycles. The Morgan fingerprint density at radius 2 is 2.25 bits per heavy atom. The second-order valence-electron chi connectivity index (χ2n) is 3.77. The van der Waals surface area contributed by atoms with Crippen molar-refractivity contribution in [2.45, 2.75) is 19.3 Å². The van der Waals surface area contributed by atoms with E-state index in [1.165, 1.54) is 0 Å². The molecular weight excluding hydrogens is 202 g/mol. The third kappa shape index (κ3) is 5.09. The minimum absolute atomic E-state index is 0.773. The normalized spacial score (nSPS) is 10.6. The number of aromatic nitrogens is 1. The van der Waals surface area contributed by atoms with Crippen LogP contribution in [0, 0.1) is 0 Å². The summed E-state index contributed by atoms with van der Waals surface area (Å²) in [4.78, 5) is 4.07. The molecule has 90 valence electrons. The van der Waals surface area contributed by atoms with Crippen LogP contribution in [0.4, 0.5) is 5.69 Å². The average molecular weight is 223 g/mol. The molecule has 1 rings (SSSR count). The van der Waals surface area contributed by atoms with E-state index in [1.54, 1.807) is 13.3 Å². The first-order chi connectivity index (χ1) is 7.84. The first kappa shape index (κ1) is 12.9. The van der Waals surface area contributed by atoms with E-state index in [-0.39, 0.29) is 0 Å². The van der Waals surface area contributed by atoms with E-state index in [2.05, 4.69) is 10.3 Å². The highest BCUT2D eigenvalue weighted by Gasteiger charge is 1.97. The fourth-order valence-corrected chi connectivity index (χ4v) is 1.51. The number of unbranched alkanes of at least 4 members (excludes halogenated alkanes) is 1. The van der Waals surface area contributed by atoms with Gasteiger partial charge in [0.15, 0.2) is 0 Å². The van der Waals surface area contributed by atoms with E-state index in [0.717, 1.165) is 50.2 Å². The monoisotopic (exact) mass is 223 g/mol. The van der Waals surface area contributed by atoms with Gasteiger partial charge in [0.05, 0.1) is 6.61 Å². The number of aryl methyl sites for hydroxylation is 1. The number of rotatable bonds is 8. The van der Waals surface area contributed by atoms with Gasteiger partial charge >= 0.3 is 0 Å². The molecule has 0 aliphatic heterocycles. The Hall–Kier alpha value is -1.13. The van der Waals surface area contributed by atoms with Crippen LogP contribution in [-0.4, -0.2) is 31.8 Å². The molecule has 1 heterocycles. The molecule has 1 aromatic heterocycles. The number of anilines is 1. The Kier molecular flexibility index (Phi) is 6.53. The maximum Gasteiger partial charge on any atom is 0.0587 e. The summed E-state index contributed by atoms with van der Waals surface area (Å²) < 4.78 is 4.95. The third-order valence-corrected chi connectivity index (χ3v) is 2.47. The van der Waals surface area contributed by atoms with Crippen LogP contribution in [0.5, 0.6) is 0 Å². The molecule has 1 aromatic rings. The number of pyridine rings is 1. The Morgan fingerprint density at radius 1 is 1.38 bits per heavy atom. The van der Waals surface area contributed by atoms with E-state index in [9.17, 15) is 0 Å². The summed E-state index contributed by atoms with van der Waals surface area (Å²) in [6, 6.07) is 1.85. The van der Waals surface area contributed by atoms with Crippen LogP contribution in [0.1, 0.15) is 18.4 Å². The van der Waals surface area contributed by atoms with E-state index in [1.807, 2.05) is 12.3 Å². The molecule has 3 N–H and O–H groups in total. The molecule has 0 amide bonds. The van der Waals surface area contributed by atoms with Crippen molar-refractivity contribution >= 4 is 5.69 Å². The van der Waals surface area contributed by atoms with Crippen LogP contribution in [0.15, 0.2) is 18.5 Å². The number of nitrogens with one attached hydrogen (secondary N) is 1. The molecule has 0 atom stereocenters. The van der Waals surface area contributed by atoms with Crippen molar-refractivity contribution in [2.75, 3.05) is 32.5 Å². The summed E-state index contributed by atoms with van der Waals surface area (Å²) >= 11 is 0. The zero-order valence-electron chi connectivity index (χ0n) is 9.91. The highest BCUT2D eigenvalue weighted by atomic mass is 16.5. The van der Waals surface area contributed by atoms with Gasteiger partial charge in [0.1, 0.15) is 0 Å². The van der Waals surface area contributed by atoms with Gasteiger partial charge in [0, 0.05) is 31.7 Å². The van der Waals surface area contributed by atoms with Crippen molar-refractivity contribution < 1.29 is 4.74 Å². The van der Waals surface area contributed by atoms with Crippen LogP contribution in [0.3, 0.4) is 0 Å². The van der Waals surface area contributed by atoms with E-state index >= 15 is 0 Å². The standard InChI is InChI=1S/C12H21N3O/c1-16-9-8-14-6-3-2-4-11-10-15-7-5-12(11)13/h5,7,10,14H,2-4,6,8-9H2,1H3,(H2,13,15). The average Bonchev–Trinajstić information content (AvgIpc) is 2.30. The highest BCUT2D eigenvalue weighted by molar-refractivity contribution is 5.44. The fourth-order valence-electron chi connectivity index (χ4n) is 1.51. The molecule has 4 nitrogen and oxygen atoms in total. The molecule has 0 aliphatic rings. The van der Waals surface area contributed by atoms with Crippen molar-refractivity contribution in [3.8, 4) is 0 Å². The van der Waals surface area contributed by atoms with E-state index < -0.39 is 0 Å². The van der Waals surface area contributed by atoms with Gasteiger partial charge in [-0.15, -0.1) is 0 Å². The van der Waals surface area contributed by atoms with Gasteiger partial charge in [-0.1, -0.05) is 0 Å². The lowest BCUT2D eigenvalue weighted by Gasteiger charge is -2.05. The number of hydrogen-bond acceptors (Lipinski definition) is 4. The van der Waals surface area contributed by atoms with Crippen LogP contribution < -0.4 is 11.1 Å². The zero-order chi connectivity index (χ0) is 11.6. The number of nitrogens with zero attached hydrogens (tertiary/aromatic N) is 1. The summed E-state index contributed by atoms with van der Waals surface area (Å²) in [5, 5.41) is 3.32. The lowest BCUT2D eigenvalue weighted by atomic mass is 10.1. The molecule has 0 unspecified atom stereocenters. The summed E-state index contributed by atoms with van der Waals surface area (Å²) in [7, 11) is 1.72. The number of nitrogens with two attached hydrogens (primary N) is 1. The second-order valence-corrected chi connectivity index (χ2v) is 3.77. The minimum Gasteiger partial charge on any atom is -0.398 e. The number of hydrogen-bond donors (Lipinski definition) is 2. The number of nitrogen functional groups attached to an aromatic ring is 1. The van der Waals surface area contributed by atoms with Gasteiger partial charge in [0.25, 0.3) is 0 Å². The Balaban J connectivity index is 2.05. The van der Waals surface area contributed by atoms with Gasteiger partial charge in [-0.3, -0.25) is 4.98 Å². The van der Waals surface area contributed by atoms with Crippen molar-refractivity contribution in [1.29, 1.82) is 0 Å². The third-order valence-electron chi connectivity index (χ3n) is 2.47. The predicted octanol–water partition coefficient (Wildman–Crippen LogP) is 1.22. The summed E-state index contributed by atoms with van der Waals surface area (Å²) in [6.07, 6.45) is 6.87. The lowest BCUT2D eigenvalue weighted by molar-refractivity contribution is 0.199. The topological polar surface area (TPSA) is 60.2 Å². The summed E-state index contributed by atoms with van der Waals surface area (Å²) in [5.74, 6) is 0. The highest BCUT2D eigenvalue weighted by Crippen LogP contribution is 2.11. The Morgan fingerprint density at radius 3 is 3.00 bits per heavy atom. The molecule has 0 spiro atoms. The maximum atomic E-state index is 5.83. The van der Waals surface area contributed by atoms with Gasteiger partial charge in [-0.2, -0.15) is 0 Å². The molecule has 16 heavy (non-hydrogen) atoms. The summed E-state index contributed by atoms with van der Waals surface area (Å²) in [6.45, 7) is 2.73. The lowest BCUT2D eigenvalue weighted by Crippen LogP contribution is -2.20. The van der Waals surface area contributed by atoms with Crippen molar-refractivity contribution in [3.05, 3.63) is 24.0 Å². The molecular formula is C12H21N3O. The molecule has 0 aliphatic carbocycles. The van der Waals surface area contributed by atoms with Crippen LogP contribution in [0.2, 0.25) is 0 Å². The van der Waals surface area contributed by atoms with Crippen molar-refractivity contribution in [1.82, 2.24) is 10.3 Å². The molecule has 0 bridgehead atoms. The van der Waals surface area contributed by atoms with Gasteiger partial charge < -0.3 is 15.8 Å². The summed E-state index contributed by atoms with van der Waals surface area (Å²) in [5.41, 5.74) is 7.83. The zero-order valence-corrected chi connectivity index (χ0v) is 9.91. The van der Waals surface area contributed by atoms with Crippen LogP contribution in [-0.2, 0) is 11.2 Å². The van der Waals surface area contributed by atoms with Gasteiger partial charge in [-0.25, -0.2) is 0 Å². The Bertz CT molecular complexity index is 291. The second kappa shape index (κ2) is 8.07. The molecule has 4 heteroatoms. The molecule has 0 radical (unpaired) electrons. The largest absolute Gasteiger partial charge is 0.398 e. The van der Waals surface area contributed by atoms with Gasteiger partial charge in [-0.05, 0) is 37.4 Å². The fraction of sp³-hybridized carbons (Fsp3) is 0.583. The molecule has 0 saturated heterocycles. The first-order valence-corrected chi connectivity index (χ1v) is 5.72.